The highest BCUT2D eigenvalue weighted by molar-refractivity contribution is 9.10. The molecule has 0 aliphatic carbocycles. The monoisotopic (exact) mass is 355 g/mol. The van der Waals surface area contributed by atoms with Gasteiger partial charge in [0.2, 0.25) is 0 Å². The van der Waals surface area contributed by atoms with Gasteiger partial charge in [0.25, 0.3) is 0 Å². The summed E-state index contributed by atoms with van der Waals surface area (Å²) < 4.78 is 21.6. The third-order valence-corrected chi connectivity index (χ3v) is 4.18. The summed E-state index contributed by atoms with van der Waals surface area (Å²) in [7, 11) is 1.62. The average molecular weight is 356 g/mol. The molecule has 114 valence electrons. The summed E-state index contributed by atoms with van der Waals surface area (Å²) in [4.78, 5) is 0. The summed E-state index contributed by atoms with van der Waals surface area (Å²) in [5.74, 6) is 0.413. The van der Waals surface area contributed by atoms with Crippen molar-refractivity contribution in [3.63, 3.8) is 0 Å². The molecule has 0 fully saturated rings. The first-order chi connectivity index (χ1) is 10.1. The molecule has 1 N–H and O–H groups in total. The Bertz CT molecular complexity index is 593. The predicted molar refractivity (Wildman–Crippen MR) is 84.1 cm³/mol. The normalized spacial score (nSPS) is 12.4. The van der Waals surface area contributed by atoms with Gasteiger partial charge in [0.15, 0.2) is 5.75 Å². The van der Waals surface area contributed by atoms with Gasteiger partial charge in [-0.15, -0.1) is 0 Å². The largest absolute Gasteiger partial charge is 0.493 e. The lowest BCUT2D eigenvalue weighted by molar-refractivity contribution is 0.399. The highest BCUT2D eigenvalue weighted by Crippen LogP contribution is 2.34. The molecule has 0 saturated heterocycles. The highest BCUT2D eigenvalue weighted by atomic mass is 79.9. The standard InChI is InChI=1S/C15H19BrFN3O/c1-4-18-14(10-7-6-8-11(17)13(10)16)15-12(21-3)9-19-20(15)5-2/h6-9,14,18H,4-5H2,1-3H3. The molecule has 2 rings (SSSR count). The first-order valence-corrected chi connectivity index (χ1v) is 7.70. The van der Waals surface area contributed by atoms with Crippen molar-refractivity contribution in [2.45, 2.75) is 26.4 Å². The molecular weight excluding hydrogens is 337 g/mol. The van der Waals surface area contributed by atoms with Crippen molar-refractivity contribution in [3.8, 4) is 5.75 Å². The van der Waals surface area contributed by atoms with Crippen molar-refractivity contribution in [3.05, 3.63) is 45.9 Å². The first kappa shape index (κ1) is 16.0. The van der Waals surface area contributed by atoms with Crippen LogP contribution in [0.1, 0.15) is 31.1 Å². The van der Waals surface area contributed by atoms with Crippen molar-refractivity contribution in [1.82, 2.24) is 15.1 Å². The van der Waals surface area contributed by atoms with Crippen molar-refractivity contribution < 1.29 is 9.13 Å². The maximum atomic E-state index is 13.9. The topological polar surface area (TPSA) is 39.1 Å². The minimum absolute atomic E-state index is 0.197. The Morgan fingerprint density at radius 1 is 1.43 bits per heavy atom. The fourth-order valence-electron chi connectivity index (χ4n) is 2.38. The predicted octanol–water partition coefficient (Wildman–Crippen LogP) is 3.51. The van der Waals surface area contributed by atoms with Crippen LogP contribution in [0, 0.1) is 5.82 Å². The lowest BCUT2D eigenvalue weighted by Gasteiger charge is -2.22. The zero-order chi connectivity index (χ0) is 15.4. The first-order valence-electron chi connectivity index (χ1n) is 6.90. The van der Waals surface area contributed by atoms with Gasteiger partial charge in [0, 0.05) is 6.54 Å². The molecule has 0 radical (unpaired) electrons. The van der Waals surface area contributed by atoms with E-state index in [4.69, 9.17) is 4.74 Å². The Labute approximate surface area is 132 Å². The van der Waals surface area contributed by atoms with Crippen LogP contribution >= 0.6 is 15.9 Å². The van der Waals surface area contributed by atoms with Crippen molar-refractivity contribution in [1.29, 1.82) is 0 Å². The molecule has 1 atom stereocenters. The number of nitrogens with zero attached hydrogens (tertiary/aromatic N) is 2. The van der Waals surface area contributed by atoms with Crippen LogP contribution in [-0.4, -0.2) is 23.4 Å². The highest BCUT2D eigenvalue weighted by Gasteiger charge is 2.25. The lowest BCUT2D eigenvalue weighted by atomic mass is 10.0. The number of ether oxygens (including phenoxy) is 1. The van der Waals surface area contributed by atoms with Crippen LogP contribution < -0.4 is 10.1 Å². The number of aryl methyl sites for hydroxylation is 1. The second kappa shape index (κ2) is 7.04. The SMILES string of the molecule is CCNC(c1cccc(F)c1Br)c1c(OC)cnn1CC. The quantitative estimate of drug-likeness (QED) is 0.861. The Morgan fingerprint density at radius 2 is 2.19 bits per heavy atom. The Morgan fingerprint density at radius 3 is 2.81 bits per heavy atom. The Balaban J connectivity index is 2.58. The van der Waals surface area contributed by atoms with Crippen LogP contribution in [0.5, 0.6) is 5.75 Å². The maximum Gasteiger partial charge on any atom is 0.161 e. The summed E-state index contributed by atoms with van der Waals surface area (Å²) in [6.07, 6.45) is 1.69. The third-order valence-electron chi connectivity index (χ3n) is 3.34. The van der Waals surface area contributed by atoms with E-state index in [-0.39, 0.29) is 11.9 Å². The van der Waals surface area contributed by atoms with E-state index in [0.717, 1.165) is 17.8 Å². The molecule has 0 aliphatic heterocycles. The number of rotatable bonds is 6. The number of methoxy groups -OCH3 is 1. The minimum Gasteiger partial charge on any atom is -0.493 e. The van der Waals surface area contributed by atoms with Gasteiger partial charge in [-0.2, -0.15) is 5.10 Å². The fourth-order valence-corrected chi connectivity index (χ4v) is 2.87. The van der Waals surface area contributed by atoms with Gasteiger partial charge in [-0.3, -0.25) is 4.68 Å². The number of benzene rings is 1. The molecule has 1 aromatic carbocycles. The smallest absolute Gasteiger partial charge is 0.161 e. The van der Waals surface area contributed by atoms with Gasteiger partial charge in [0.1, 0.15) is 11.5 Å². The molecule has 21 heavy (non-hydrogen) atoms. The van der Waals surface area contributed by atoms with E-state index < -0.39 is 0 Å². The van der Waals surface area contributed by atoms with Crippen molar-refractivity contribution in [2.24, 2.45) is 0 Å². The maximum absolute atomic E-state index is 13.9. The molecule has 1 heterocycles. The zero-order valence-electron chi connectivity index (χ0n) is 12.4. The van der Waals surface area contributed by atoms with E-state index >= 15 is 0 Å². The van der Waals surface area contributed by atoms with Gasteiger partial charge in [0.05, 0.1) is 23.8 Å². The average Bonchev–Trinajstić information content (AvgIpc) is 2.90. The van der Waals surface area contributed by atoms with Gasteiger partial charge >= 0.3 is 0 Å². The summed E-state index contributed by atoms with van der Waals surface area (Å²) in [6.45, 7) is 5.48. The van der Waals surface area contributed by atoms with E-state index in [1.807, 2.05) is 24.6 Å². The Kier molecular flexibility index (Phi) is 5.36. The summed E-state index contributed by atoms with van der Waals surface area (Å²) >= 11 is 3.34. The Hall–Kier alpha value is -1.40. The van der Waals surface area contributed by atoms with Crippen LogP contribution in [0.15, 0.2) is 28.9 Å². The van der Waals surface area contributed by atoms with Gasteiger partial charge < -0.3 is 10.1 Å². The summed E-state index contributed by atoms with van der Waals surface area (Å²) in [5.41, 5.74) is 1.72. The minimum atomic E-state index is -0.281. The van der Waals surface area contributed by atoms with Gasteiger partial charge in [-0.1, -0.05) is 19.1 Å². The molecule has 2 aromatic rings. The van der Waals surface area contributed by atoms with Crippen LogP contribution in [0.2, 0.25) is 0 Å². The molecule has 1 unspecified atom stereocenters. The number of aromatic nitrogens is 2. The van der Waals surface area contributed by atoms with Crippen molar-refractivity contribution >= 4 is 15.9 Å². The molecule has 4 nitrogen and oxygen atoms in total. The fraction of sp³-hybridized carbons (Fsp3) is 0.400. The molecular formula is C15H19BrFN3O. The van der Waals surface area contributed by atoms with Crippen LogP contribution in [-0.2, 0) is 6.54 Å². The molecule has 0 amide bonds. The van der Waals surface area contributed by atoms with E-state index in [2.05, 4.69) is 26.3 Å². The van der Waals surface area contributed by atoms with Crippen LogP contribution in [0.25, 0.3) is 0 Å². The lowest BCUT2D eigenvalue weighted by Crippen LogP contribution is -2.26. The van der Waals surface area contributed by atoms with E-state index in [9.17, 15) is 4.39 Å². The molecule has 6 heteroatoms. The van der Waals surface area contributed by atoms with E-state index in [1.165, 1.54) is 6.07 Å². The molecule has 0 saturated carbocycles. The van der Waals surface area contributed by atoms with Crippen LogP contribution in [0.3, 0.4) is 0 Å². The van der Waals surface area contributed by atoms with E-state index in [1.54, 1.807) is 19.4 Å². The number of nitrogens with one attached hydrogen (secondary N) is 1. The van der Waals surface area contributed by atoms with Gasteiger partial charge in [-0.25, -0.2) is 4.39 Å². The number of hydrogen-bond donors (Lipinski definition) is 1. The number of hydrogen-bond acceptors (Lipinski definition) is 3. The molecule has 0 spiro atoms. The molecule has 0 aliphatic rings. The second-order valence-corrected chi connectivity index (χ2v) is 5.34. The zero-order valence-corrected chi connectivity index (χ0v) is 13.9. The van der Waals surface area contributed by atoms with Gasteiger partial charge in [-0.05, 0) is 41.0 Å². The molecule has 1 aromatic heterocycles. The third kappa shape index (κ3) is 3.11. The van der Waals surface area contributed by atoms with Crippen LogP contribution in [0.4, 0.5) is 4.39 Å². The number of halogens is 2. The summed E-state index contributed by atoms with van der Waals surface area (Å²) in [5, 5.41) is 7.71. The van der Waals surface area contributed by atoms with Crippen molar-refractivity contribution in [2.75, 3.05) is 13.7 Å². The molecule has 0 bridgehead atoms. The summed E-state index contributed by atoms with van der Waals surface area (Å²) in [6, 6.07) is 4.84. The second-order valence-electron chi connectivity index (χ2n) is 4.55. The van der Waals surface area contributed by atoms with E-state index in [0.29, 0.717) is 16.8 Å².